The molecule has 7 nitrogen and oxygen atoms in total. The monoisotopic (exact) mass is 287 g/mol. The molecule has 0 aliphatic carbocycles. The first kappa shape index (κ1) is 16.3. The molecule has 1 saturated heterocycles. The minimum Gasteiger partial charge on any atom is -0.467 e. The van der Waals surface area contributed by atoms with Crippen molar-refractivity contribution in [1.29, 1.82) is 0 Å². The fraction of sp³-hybridized carbons (Fsp3) is 0.769. The Morgan fingerprint density at radius 1 is 0.950 bits per heavy atom. The van der Waals surface area contributed by atoms with Crippen LogP contribution in [0.3, 0.4) is 0 Å². The smallest absolute Gasteiger partial charge is 0.411 e. The third kappa shape index (κ3) is 3.61. The molecule has 1 fully saturated rings. The molecular formula is C13H21NO6. The molecule has 0 saturated carbocycles. The van der Waals surface area contributed by atoms with Crippen LogP contribution in [0.4, 0.5) is 4.79 Å². The standard InChI is InChI=1S/C13H21NO6/c1-13(2,3)20-12(17)14-8(10(15)18-4)6-7-9(14)11(16)19-5/h8-9H,6-7H2,1-5H3. The van der Waals surface area contributed by atoms with E-state index in [0.717, 1.165) is 4.90 Å². The third-order valence-electron chi connectivity index (χ3n) is 2.94. The summed E-state index contributed by atoms with van der Waals surface area (Å²) >= 11 is 0. The Morgan fingerprint density at radius 3 is 1.65 bits per heavy atom. The summed E-state index contributed by atoms with van der Waals surface area (Å²) in [6, 6.07) is -1.64. The van der Waals surface area contributed by atoms with Crippen molar-refractivity contribution in [3.8, 4) is 0 Å². The summed E-state index contributed by atoms with van der Waals surface area (Å²) in [4.78, 5) is 36.8. The number of hydrogen-bond acceptors (Lipinski definition) is 6. The van der Waals surface area contributed by atoms with Crippen molar-refractivity contribution in [2.45, 2.75) is 51.3 Å². The molecule has 0 spiro atoms. The zero-order chi connectivity index (χ0) is 15.5. The van der Waals surface area contributed by atoms with Gasteiger partial charge in [-0.2, -0.15) is 0 Å². The highest BCUT2D eigenvalue weighted by Crippen LogP contribution is 2.28. The van der Waals surface area contributed by atoms with Gasteiger partial charge in [-0.25, -0.2) is 14.4 Å². The molecule has 1 aliphatic heterocycles. The van der Waals surface area contributed by atoms with Gasteiger partial charge < -0.3 is 14.2 Å². The number of methoxy groups -OCH3 is 2. The van der Waals surface area contributed by atoms with E-state index in [1.807, 2.05) is 0 Å². The van der Waals surface area contributed by atoms with Gasteiger partial charge in [0.05, 0.1) is 14.2 Å². The normalized spacial score (nSPS) is 22.4. The summed E-state index contributed by atoms with van der Waals surface area (Å²) in [7, 11) is 2.47. The van der Waals surface area contributed by atoms with E-state index < -0.39 is 35.7 Å². The van der Waals surface area contributed by atoms with Crippen LogP contribution >= 0.6 is 0 Å². The molecule has 0 bridgehead atoms. The summed E-state index contributed by atoms with van der Waals surface area (Å²) in [6.45, 7) is 5.13. The zero-order valence-corrected chi connectivity index (χ0v) is 12.5. The van der Waals surface area contributed by atoms with E-state index in [1.54, 1.807) is 20.8 Å². The predicted molar refractivity (Wildman–Crippen MR) is 68.9 cm³/mol. The number of hydrogen-bond donors (Lipinski definition) is 0. The molecule has 0 radical (unpaired) electrons. The van der Waals surface area contributed by atoms with Crippen molar-refractivity contribution < 1.29 is 28.6 Å². The van der Waals surface area contributed by atoms with Gasteiger partial charge in [-0.15, -0.1) is 0 Å². The molecule has 2 atom stereocenters. The Balaban J connectivity index is 2.98. The Kier molecular flexibility index (Phi) is 4.97. The maximum Gasteiger partial charge on any atom is 0.411 e. The molecular weight excluding hydrogens is 266 g/mol. The Hall–Kier alpha value is -1.79. The first-order valence-electron chi connectivity index (χ1n) is 6.38. The Bertz CT molecular complexity index is 376. The van der Waals surface area contributed by atoms with Gasteiger partial charge >= 0.3 is 18.0 Å². The van der Waals surface area contributed by atoms with Crippen LogP contribution in [-0.4, -0.2) is 54.8 Å². The first-order chi connectivity index (χ1) is 9.21. The van der Waals surface area contributed by atoms with Crippen LogP contribution in [0.2, 0.25) is 0 Å². The third-order valence-corrected chi connectivity index (χ3v) is 2.94. The number of amides is 1. The van der Waals surface area contributed by atoms with Crippen molar-refractivity contribution in [2.24, 2.45) is 0 Å². The average molecular weight is 287 g/mol. The SMILES string of the molecule is COC(=O)C1CCC(C(=O)OC)N1C(=O)OC(C)(C)C. The fourth-order valence-corrected chi connectivity index (χ4v) is 2.12. The van der Waals surface area contributed by atoms with Gasteiger partial charge in [0, 0.05) is 0 Å². The van der Waals surface area contributed by atoms with Crippen molar-refractivity contribution in [1.82, 2.24) is 4.90 Å². The van der Waals surface area contributed by atoms with Crippen LogP contribution in [0.25, 0.3) is 0 Å². The lowest BCUT2D eigenvalue weighted by atomic mass is 10.2. The molecule has 0 aromatic rings. The summed E-state index contributed by atoms with van der Waals surface area (Å²) in [5, 5.41) is 0. The highest BCUT2D eigenvalue weighted by Gasteiger charge is 2.47. The molecule has 7 heteroatoms. The van der Waals surface area contributed by atoms with Gasteiger partial charge in [-0.3, -0.25) is 4.90 Å². The summed E-state index contributed by atoms with van der Waals surface area (Å²) in [5.74, 6) is -1.13. The molecule has 0 N–H and O–H groups in total. The number of likely N-dealkylation sites (tertiary alicyclic amines) is 1. The van der Waals surface area contributed by atoms with Crippen LogP contribution in [0.5, 0.6) is 0 Å². The number of carbonyl (C=O) groups is 3. The quantitative estimate of drug-likeness (QED) is 0.559. The second-order valence-electron chi connectivity index (χ2n) is 5.54. The van der Waals surface area contributed by atoms with Crippen LogP contribution in [0, 0.1) is 0 Å². The van der Waals surface area contributed by atoms with E-state index in [1.165, 1.54) is 14.2 Å². The number of nitrogens with zero attached hydrogens (tertiary/aromatic N) is 1. The van der Waals surface area contributed by atoms with E-state index in [2.05, 4.69) is 9.47 Å². The van der Waals surface area contributed by atoms with Crippen LogP contribution in [0.1, 0.15) is 33.6 Å². The molecule has 1 rings (SSSR count). The molecule has 0 aromatic heterocycles. The van der Waals surface area contributed by atoms with Crippen molar-refractivity contribution >= 4 is 18.0 Å². The number of carbonyl (C=O) groups excluding carboxylic acids is 3. The highest BCUT2D eigenvalue weighted by atomic mass is 16.6. The van der Waals surface area contributed by atoms with E-state index in [4.69, 9.17) is 4.74 Å². The van der Waals surface area contributed by atoms with Gasteiger partial charge in [0.2, 0.25) is 0 Å². The Labute approximate surface area is 118 Å². The lowest BCUT2D eigenvalue weighted by molar-refractivity contribution is -0.150. The lowest BCUT2D eigenvalue weighted by Gasteiger charge is -2.30. The van der Waals surface area contributed by atoms with E-state index in [0.29, 0.717) is 12.8 Å². The molecule has 20 heavy (non-hydrogen) atoms. The largest absolute Gasteiger partial charge is 0.467 e. The number of rotatable bonds is 2. The van der Waals surface area contributed by atoms with E-state index >= 15 is 0 Å². The molecule has 2 unspecified atom stereocenters. The van der Waals surface area contributed by atoms with E-state index in [9.17, 15) is 14.4 Å². The maximum absolute atomic E-state index is 12.2. The van der Waals surface area contributed by atoms with Crippen molar-refractivity contribution in [3.05, 3.63) is 0 Å². The zero-order valence-electron chi connectivity index (χ0n) is 12.5. The van der Waals surface area contributed by atoms with Crippen molar-refractivity contribution in [2.75, 3.05) is 14.2 Å². The minimum atomic E-state index is -0.820. The van der Waals surface area contributed by atoms with Gasteiger partial charge in [0.1, 0.15) is 17.7 Å². The molecule has 114 valence electrons. The molecule has 1 heterocycles. The predicted octanol–water partition coefficient (Wildman–Crippen LogP) is 1.10. The van der Waals surface area contributed by atoms with Gasteiger partial charge in [0.25, 0.3) is 0 Å². The van der Waals surface area contributed by atoms with Gasteiger partial charge in [0.15, 0.2) is 0 Å². The average Bonchev–Trinajstić information content (AvgIpc) is 2.79. The maximum atomic E-state index is 12.2. The fourth-order valence-electron chi connectivity index (χ4n) is 2.12. The molecule has 1 amide bonds. The number of ether oxygens (including phenoxy) is 3. The van der Waals surface area contributed by atoms with Gasteiger partial charge in [-0.05, 0) is 33.6 Å². The Morgan fingerprint density at radius 2 is 1.35 bits per heavy atom. The molecule has 0 aromatic carbocycles. The summed E-state index contributed by atoms with van der Waals surface area (Å²) < 4.78 is 14.6. The highest BCUT2D eigenvalue weighted by molar-refractivity contribution is 5.88. The second-order valence-corrected chi connectivity index (χ2v) is 5.54. The topological polar surface area (TPSA) is 82.1 Å². The second kappa shape index (κ2) is 6.11. The summed E-state index contributed by atoms with van der Waals surface area (Å²) in [5.41, 5.74) is -0.721. The van der Waals surface area contributed by atoms with E-state index in [-0.39, 0.29) is 0 Å². The molecule has 1 aliphatic rings. The van der Waals surface area contributed by atoms with Crippen molar-refractivity contribution in [3.63, 3.8) is 0 Å². The number of esters is 2. The van der Waals surface area contributed by atoms with Crippen LogP contribution in [-0.2, 0) is 23.8 Å². The van der Waals surface area contributed by atoms with Crippen LogP contribution in [0.15, 0.2) is 0 Å². The first-order valence-corrected chi connectivity index (χ1v) is 6.38. The summed E-state index contributed by atoms with van der Waals surface area (Å²) in [6.07, 6.45) is -0.0435. The lowest BCUT2D eigenvalue weighted by Crippen LogP contribution is -2.50. The van der Waals surface area contributed by atoms with Gasteiger partial charge in [-0.1, -0.05) is 0 Å². The van der Waals surface area contributed by atoms with Crippen LogP contribution < -0.4 is 0 Å². The minimum absolute atomic E-state index is 0.339.